The standard InChI is InChI=1S/C13H24N2O3S/c1-10(2)9-11-13(17)15(6-4-8-19(3)18)7-5-12(16)14-11/h10-11H,4-9H2,1-3H3,(H,14,16). The summed E-state index contributed by atoms with van der Waals surface area (Å²) in [6.45, 7) is 5.13. The summed E-state index contributed by atoms with van der Waals surface area (Å²) in [7, 11) is -0.831. The molecule has 1 rings (SSSR count). The average Bonchev–Trinajstić information content (AvgIpc) is 2.41. The Labute approximate surface area is 117 Å². The fourth-order valence-electron chi connectivity index (χ4n) is 2.21. The second-order valence-electron chi connectivity index (χ2n) is 5.46. The fourth-order valence-corrected chi connectivity index (χ4v) is 2.74. The van der Waals surface area contributed by atoms with Crippen LogP contribution in [0.3, 0.4) is 0 Å². The third kappa shape index (κ3) is 5.72. The highest BCUT2D eigenvalue weighted by Crippen LogP contribution is 2.12. The molecule has 2 atom stereocenters. The summed E-state index contributed by atoms with van der Waals surface area (Å²) in [5.74, 6) is 0.902. The largest absolute Gasteiger partial charge is 0.344 e. The zero-order valence-electron chi connectivity index (χ0n) is 12.0. The van der Waals surface area contributed by atoms with Gasteiger partial charge in [-0.05, 0) is 18.8 Å². The van der Waals surface area contributed by atoms with E-state index in [0.29, 0.717) is 37.6 Å². The fraction of sp³-hybridized carbons (Fsp3) is 0.846. The Bertz CT molecular complexity index is 358. The third-order valence-electron chi connectivity index (χ3n) is 3.12. The molecule has 0 aromatic carbocycles. The SMILES string of the molecule is CC(C)CC1NC(=O)CCN(CCCS(C)=O)C1=O. The van der Waals surface area contributed by atoms with Crippen LogP contribution in [-0.4, -0.2) is 52.1 Å². The summed E-state index contributed by atoms with van der Waals surface area (Å²) in [6, 6.07) is -0.401. The van der Waals surface area contributed by atoms with Crippen LogP contribution in [0.2, 0.25) is 0 Å². The van der Waals surface area contributed by atoms with Crippen molar-refractivity contribution in [3.63, 3.8) is 0 Å². The number of hydrogen-bond donors (Lipinski definition) is 1. The molecule has 0 aromatic heterocycles. The van der Waals surface area contributed by atoms with Crippen molar-refractivity contribution in [3.05, 3.63) is 0 Å². The van der Waals surface area contributed by atoms with Gasteiger partial charge in [-0.1, -0.05) is 13.8 Å². The number of carbonyl (C=O) groups is 2. The first-order valence-corrected chi connectivity index (χ1v) is 8.51. The van der Waals surface area contributed by atoms with Gasteiger partial charge in [0.2, 0.25) is 11.8 Å². The van der Waals surface area contributed by atoms with Crippen LogP contribution < -0.4 is 5.32 Å². The number of nitrogens with one attached hydrogen (secondary N) is 1. The molecule has 0 saturated carbocycles. The van der Waals surface area contributed by atoms with E-state index in [1.165, 1.54) is 0 Å². The van der Waals surface area contributed by atoms with E-state index in [1.54, 1.807) is 11.2 Å². The van der Waals surface area contributed by atoms with E-state index in [0.717, 1.165) is 6.42 Å². The number of carbonyl (C=O) groups excluding carboxylic acids is 2. The maximum Gasteiger partial charge on any atom is 0.245 e. The molecule has 2 amide bonds. The zero-order chi connectivity index (χ0) is 14.4. The van der Waals surface area contributed by atoms with Crippen molar-refractivity contribution in [2.75, 3.05) is 25.1 Å². The minimum absolute atomic E-state index is 0.00133. The predicted octanol–water partition coefficient (Wildman–Crippen LogP) is 0.518. The minimum atomic E-state index is -0.831. The van der Waals surface area contributed by atoms with E-state index >= 15 is 0 Å². The van der Waals surface area contributed by atoms with Gasteiger partial charge in [0.05, 0.1) is 0 Å². The Morgan fingerprint density at radius 1 is 1.42 bits per heavy atom. The lowest BCUT2D eigenvalue weighted by molar-refractivity contribution is -0.134. The van der Waals surface area contributed by atoms with Gasteiger partial charge < -0.3 is 10.2 Å². The second kappa shape index (κ2) is 7.62. The van der Waals surface area contributed by atoms with Gasteiger partial charge in [-0.15, -0.1) is 0 Å². The molecule has 1 heterocycles. The number of amides is 2. The quantitative estimate of drug-likeness (QED) is 0.775. The molecule has 5 nitrogen and oxygen atoms in total. The van der Waals surface area contributed by atoms with E-state index in [4.69, 9.17) is 0 Å². The molecule has 6 heteroatoms. The summed E-state index contributed by atoms with van der Waals surface area (Å²) in [5.41, 5.74) is 0. The smallest absolute Gasteiger partial charge is 0.245 e. The van der Waals surface area contributed by atoms with E-state index in [9.17, 15) is 13.8 Å². The van der Waals surface area contributed by atoms with Crippen molar-refractivity contribution in [2.24, 2.45) is 5.92 Å². The van der Waals surface area contributed by atoms with Crippen molar-refractivity contribution in [1.29, 1.82) is 0 Å². The van der Waals surface area contributed by atoms with E-state index < -0.39 is 16.8 Å². The van der Waals surface area contributed by atoms with Gasteiger partial charge in [0.15, 0.2) is 0 Å². The predicted molar refractivity (Wildman–Crippen MR) is 76.1 cm³/mol. The van der Waals surface area contributed by atoms with E-state index in [1.807, 2.05) is 13.8 Å². The summed E-state index contributed by atoms with van der Waals surface area (Å²) < 4.78 is 11.0. The summed E-state index contributed by atoms with van der Waals surface area (Å²) in [4.78, 5) is 25.7. The normalized spacial score (nSPS) is 22.3. The van der Waals surface area contributed by atoms with Crippen LogP contribution in [0, 0.1) is 5.92 Å². The lowest BCUT2D eigenvalue weighted by Gasteiger charge is -2.24. The number of rotatable bonds is 6. The Balaban J connectivity index is 2.61. The van der Waals surface area contributed by atoms with Crippen LogP contribution in [0.15, 0.2) is 0 Å². The highest BCUT2D eigenvalue weighted by atomic mass is 32.2. The Kier molecular flexibility index (Phi) is 6.48. The lowest BCUT2D eigenvalue weighted by Crippen LogP contribution is -2.45. The molecule has 110 valence electrons. The highest BCUT2D eigenvalue weighted by Gasteiger charge is 2.29. The van der Waals surface area contributed by atoms with Gasteiger partial charge >= 0.3 is 0 Å². The van der Waals surface area contributed by atoms with Gasteiger partial charge in [-0.2, -0.15) is 0 Å². The van der Waals surface area contributed by atoms with Gasteiger partial charge in [-0.3, -0.25) is 13.8 Å². The van der Waals surface area contributed by atoms with E-state index in [-0.39, 0.29) is 11.8 Å². The Morgan fingerprint density at radius 3 is 2.68 bits per heavy atom. The summed E-state index contributed by atoms with van der Waals surface area (Å²) in [6.07, 6.45) is 3.41. The topological polar surface area (TPSA) is 66.5 Å². The first-order chi connectivity index (χ1) is 8.90. The van der Waals surface area contributed by atoms with Crippen molar-refractivity contribution in [1.82, 2.24) is 10.2 Å². The van der Waals surface area contributed by atoms with Crippen molar-refractivity contribution >= 4 is 22.6 Å². The van der Waals surface area contributed by atoms with Crippen LogP contribution in [0.25, 0.3) is 0 Å². The first-order valence-electron chi connectivity index (χ1n) is 6.78. The number of nitrogens with zero attached hydrogens (tertiary/aromatic N) is 1. The van der Waals surface area contributed by atoms with E-state index in [2.05, 4.69) is 5.32 Å². The molecule has 1 saturated heterocycles. The Hall–Kier alpha value is -0.910. The van der Waals surface area contributed by atoms with Gasteiger partial charge in [-0.25, -0.2) is 0 Å². The molecular weight excluding hydrogens is 264 g/mol. The van der Waals surface area contributed by atoms with Gasteiger partial charge in [0.25, 0.3) is 0 Å². The van der Waals surface area contributed by atoms with Crippen LogP contribution in [0.5, 0.6) is 0 Å². The molecule has 0 bridgehead atoms. The van der Waals surface area contributed by atoms with Crippen molar-refractivity contribution in [3.8, 4) is 0 Å². The molecule has 1 aliphatic rings. The molecule has 2 unspecified atom stereocenters. The average molecular weight is 288 g/mol. The van der Waals surface area contributed by atoms with Crippen LogP contribution in [0.1, 0.15) is 33.1 Å². The molecule has 0 aliphatic carbocycles. The Morgan fingerprint density at radius 2 is 2.11 bits per heavy atom. The van der Waals surface area contributed by atoms with Gasteiger partial charge in [0, 0.05) is 42.3 Å². The molecule has 1 N–H and O–H groups in total. The molecule has 0 radical (unpaired) electrons. The molecule has 0 spiro atoms. The number of hydrogen-bond acceptors (Lipinski definition) is 3. The molecule has 1 fully saturated rings. The molecule has 1 aliphatic heterocycles. The van der Waals surface area contributed by atoms with Gasteiger partial charge in [0.1, 0.15) is 6.04 Å². The first kappa shape index (κ1) is 16.1. The summed E-state index contributed by atoms with van der Waals surface area (Å²) in [5, 5.41) is 2.80. The minimum Gasteiger partial charge on any atom is -0.344 e. The lowest BCUT2D eigenvalue weighted by atomic mass is 10.0. The summed E-state index contributed by atoms with van der Waals surface area (Å²) >= 11 is 0. The van der Waals surface area contributed by atoms with Crippen molar-refractivity contribution < 1.29 is 13.8 Å². The maximum atomic E-state index is 12.3. The molecule has 19 heavy (non-hydrogen) atoms. The molecular formula is C13H24N2O3S. The van der Waals surface area contributed by atoms with Crippen molar-refractivity contribution in [2.45, 2.75) is 39.2 Å². The van der Waals surface area contributed by atoms with Crippen LogP contribution in [0.4, 0.5) is 0 Å². The van der Waals surface area contributed by atoms with Crippen LogP contribution in [-0.2, 0) is 20.4 Å². The van der Waals surface area contributed by atoms with Crippen LogP contribution >= 0.6 is 0 Å². The third-order valence-corrected chi connectivity index (χ3v) is 3.98. The maximum absolute atomic E-state index is 12.3. The second-order valence-corrected chi connectivity index (χ2v) is 7.01. The highest BCUT2D eigenvalue weighted by molar-refractivity contribution is 7.84. The zero-order valence-corrected chi connectivity index (χ0v) is 12.8. The molecule has 0 aromatic rings. The monoisotopic (exact) mass is 288 g/mol.